The summed E-state index contributed by atoms with van der Waals surface area (Å²) in [4.78, 5) is 0. The molecule has 1 unspecified atom stereocenters. The van der Waals surface area contributed by atoms with Gasteiger partial charge in [-0.3, -0.25) is 0 Å². The van der Waals surface area contributed by atoms with Crippen molar-refractivity contribution in [3.8, 4) is 11.5 Å². The predicted molar refractivity (Wildman–Crippen MR) is 100 cm³/mol. The van der Waals surface area contributed by atoms with Gasteiger partial charge in [0, 0.05) is 6.04 Å². The fourth-order valence-corrected chi connectivity index (χ4v) is 2.86. The molecule has 4 heteroatoms. The van der Waals surface area contributed by atoms with Crippen LogP contribution in [0.5, 0.6) is 11.5 Å². The van der Waals surface area contributed by atoms with E-state index in [-0.39, 0.29) is 12.4 Å². The van der Waals surface area contributed by atoms with E-state index < -0.39 is 0 Å². The van der Waals surface area contributed by atoms with Gasteiger partial charge in [0.25, 0.3) is 0 Å². The van der Waals surface area contributed by atoms with Crippen molar-refractivity contribution in [3.05, 3.63) is 60.2 Å². The summed E-state index contributed by atoms with van der Waals surface area (Å²) in [5.74, 6) is 1.78. The fraction of sp³-hybridized carbons (Fsp3) is 0.400. The summed E-state index contributed by atoms with van der Waals surface area (Å²) in [6.07, 6.45) is 4.99. The minimum atomic E-state index is 0. The summed E-state index contributed by atoms with van der Waals surface area (Å²) in [5, 5.41) is 3.55. The quantitative estimate of drug-likeness (QED) is 0.794. The van der Waals surface area contributed by atoms with E-state index in [4.69, 9.17) is 9.47 Å². The topological polar surface area (TPSA) is 30.5 Å². The molecule has 0 bridgehead atoms. The average Bonchev–Trinajstić information content (AvgIpc) is 2.63. The number of nitrogens with one attached hydrogen (secondary N) is 1. The highest BCUT2D eigenvalue weighted by atomic mass is 35.5. The van der Waals surface area contributed by atoms with Crippen LogP contribution in [0.15, 0.2) is 54.6 Å². The molecule has 2 aromatic carbocycles. The van der Waals surface area contributed by atoms with Crippen molar-refractivity contribution < 1.29 is 9.47 Å². The SMILES string of the molecule is Cl.c1ccc(COc2ccc(OCCC3CCCCN3)cc2)cc1. The normalized spacial score (nSPS) is 16.9. The van der Waals surface area contributed by atoms with Crippen molar-refractivity contribution in [2.45, 2.75) is 38.3 Å². The van der Waals surface area contributed by atoms with Crippen LogP contribution in [0.2, 0.25) is 0 Å². The summed E-state index contributed by atoms with van der Waals surface area (Å²) >= 11 is 0. The van der Waals surface area contributed by atoms with E-state index in [1.165, 1.54) is 24.8 Å². The van der Waals surface area contributed by atoms with Gasteiger partial charge in [-0.05, 0) is 55.6 Å². The Labute approximate surface area is 150 Å². The molecule has 1 atom stereocenters. The first kappa shape index (κ1) is 18.6. The molecule has 0 spiro atoms. The van der Waals surface area contributed by atoms with E-state index in [1.807, 2.05) is 42.5 Å². The van der Waals surface area contributed by atoms with Crippen LogP contribution >= 0.6 is 12.4 Å². The lowest BCUT2D eigenvalue weighted by Gasteiger charge is -2.23. The van der Waals surface area contributed by atoms with Gasteiger partial charge in [-0.25, -0.2) is 0 Å². The summed E-state index contributed by atoms with van der Waals surface area (Å²) in [7, 11) is 0. The zero-order chi connectivity index (χ0) is 15.7. The van der Waals surface area contributed by atoms with Crippen molar-refractivity contribution in [2.75, 3.05) is 13.2 Å². The maximum Gasteiger partial charge on any atom is 0.120 e. The third kappa shape index (κ3) is 6.06. The summed E-state index contributed by atoms with van der Waals surface area (Å²) in [6.45, 7) is 2.51. The second-order valence-electron chi connectivity index (χ2n) is 6.03. The minimum absolute atomic E-state index is 0. The molecular weight excluding hydrogens is 322 g/mol. The number of hydrogen-bond donors (Lipinski definition) is 1. The zero-order valence-electron chi connectivity index (χ0n) is 13.9. The van der Waals surface area contributed by atoms with E-state index in [1.54, 1.807) is 0 Å². The predicted octanol–water partition coefficient (Wildman–Crippen LogP) is 4.60. The Morgan fingerprint density at radius 2 is 1.58 bits per heavy atom. The lowest BCUT2D eigenvalue weighted by atomic mass is 10.0. The molecule has 0 aliphatic carbocycles. The highest BCUT2D eigenvalue weighted by Gasteiger charge is 2.11. The molecule has 1 saturated heterocycles. The maximum atomic E-state index is 5.83. The van der Waals surface area contributed by atoms with Crippen molar-refractivity contribution in [1.82, 2.24) is 5.32 Å². The first-order valence-corrected chi connectivity index (χ1v) is 8.53. The average molecular weight is 348 g/mol. The Morgan fingerprint density at radius 3 is 2.25 bits per heavy atom. The fourth-order valence-electron chi connectivity index (χ4n) is 2.86. The van der Waals surface area contributed by atoms with Crippen molar-refractivity contribution in [3.63, 3.8) is 0 Å². The van der Waals surface area contributed by atoms with Gasteiger partial charge in [0.15, 0.2) is 0 Å². The highest BCUT2D eigenvalue weighted by molar-refractivity contribution is 5.85. The second kappa shape index (κ2) is 10.2. The number of hydrogen-bond acceptors (Lipinski definition) is 3. The Kier molecular flexibility index (Phi) is 7.93. The van der Waals surface area contributed by atoms with Gasteiger partial charge in [0.05, 0.1) is 6.61 Å². The first-order valence-electron chi connectivity index (χ1n) is 8.53. The van der Waals surface area contributed by atoms with E-state index in [0.717, 1.165) is 31.1 Å². The van der Waals surface area contributed by atoms with Crippen LogP contribution in [-0.2, 0) is 6.61 Å². The summed E-state index contributed by atoms with van der Waals surface area (Å²) < 4.78 is 11.6. The van der Waals surface area contributed by atoms with Crippen LogP contribution in [0.25, 0.3) is 0 Å². The third-order valence-electron chi connectivity index (χ3n) is 4.22. The molecule has 1 aliphatic rings. The molecular formula is C20H26ClNO2. The molecule has 1 heterocycles. The van der Waals surface area contributed by atoms with E-state index in [2.05, 4.69) is 17.4 Å². The van der Waals surface area contributed by atoms with Crippen molar-refractivity contribution >= 4 is 12.4 Å². The lowest BCUT2D eigenvalue weighted by Crippen LogP contribution is -2.35. The van der Waals surface area contributed by atoms with Crippen LogP contribution in [0, 0.1) is 0 Å². The molecule has 0 amide bonds. The number of benzene rings is 2. The molecule has 1 N–H and O–H groups in total. The molecule has 3 nitrogen and oxygen atoms in total. The number of piperidine rings is 1. The number of rotatable bonds is 7. The van der Waals surface area contributed by atoms with E-state index >= 15 is 0 Å². The second-order valence-corrected chi connectivity index (χ2v) is 6.03. The minimum Gasteiger partial charge on any atom is -0.494 e. The third-order valence-corrected chi connectivity index (χ3v) is 4.22. The molecule has 1 aliphatic heterocycles. The van der Waals surface area contributed by atoms with Gasteiger partial charge < -0.3 is 14.8 Å². The number of ether oxygens (including phenoxy) is 2. The zero-order valence-corrected chi connectivity index (χ0v) is 14.8. The Balaban J connectivity index is 0.00000208. The van der Waals surface area contributed by atoms with Crippen LogP contribution in [0.4, 0.5) is 0 Å². The smallest absolute Gasteiger partial charge is 0.120 e. The Hall–Kier alpha value is -1.71. The summed E-state index contributed by atoms with van der Waals surface area (Å²) in [5.41, 5.74) is 1.17. The standard InChI is InChI=1S/C20H25NO2.ClH/c1-2-6-17(7-3-1)16-23-20-11-9-19(10-12-20)22-15-13-18-8-4-5-14-21-18;/h1-3,6-7,9-12,18,21H,4-5,8,13-16H2;1H. The van der Waals surface area contributed by atoms with Gasteiger partial charge in [0.1, 0.15) is 18.1 Å². The Morgan fingerprint density at radius 1 is 0.875 bits per heavy atom. The van der Waals surface area contributed by atoms with Crippen LogP contribution in [0.1, 0.15) is 31.2 Å². The molecule has 0 saturated carbocycles. The van der Waals surface area contributed by atoms with Crippen LogP contribution < -0.4 is 14.8 Å². The largest absolute Gasteiger partial charge is 0.494 e. The maximum absolute atomic E-state index is 5.83. The van der Waals surface area contributed by atoms with Gasteiger partial charge >= 0.3 is 0 Å². The molecule has 2 aromatic rings. The summed E-state index contributed by atoms with van der Waals surface area (Å²) in [6, 6.07) is 18.7. The number of halogens is 1. The highest BCUT2D eigenvalue weighted by Crippen LogP contribution is 2.19. The molecule has 0 aromatic heterocycles. The monoisotopic (exact) mass is 347 g/mol. The molecule has 1 fully saturated rings. The van der Waals surface area contributed by atoms with E-state index in [0.29, 0.717) is 12.6 Å². The van der Waals surface area contributed by atoms with Crippen molar-refractivity contribution in [1.29, 1.82) is 0 Å². The molecule has 0 radical (unpaired) electrons. The van der Waals surface area contributed by atoms with Gasteiger partial charge in [-0.15, -0.1) is 12.4 Å². The molecule has 3 rings (SSSR count). The van der Waals surface area contributed by atoms with Crippen LogP contribution in [0.3, 0.4) is 0 Å². The first-order chi connectivity index (χ1) is 11.4. The van der Waals surface area contributed by atoms with Gasteiger partial charge in [-0.2, -0.15) is 0 Å². The van der Waals surface area contributed by atoms with Crippen LogP contribution in [-0.4, -0.2) is 19.2 Å². The van der Waals surface area contributed by atoms with Gasteiger partial charge in [0.2, 0.25) is 0 Å². The molecule has 24 heavy (non-hydrogen) atoms. The molecule has 130 valence electrons. The van der Waals surface area contributed by atoms with Gasteiger partial charge in [-0.1, -0.05) is 36.8 Å². The van der Waals surface area contributed by atoms with E-state index in [9.17, 15) is 0 Å². The van der Waals surface area contributed by atoms with Crippen molar-refractivity contribution in [2.24, 2.45) is 0 Å². The lowest BCUT2D eigenvalue weighted by molar-refractivity contribution is 0.267. The Bertz CT molecular complexity index is 568.